The fourth-order valence-electron chi connectivity index (χ4n) is 1.43. The van der Waals surface area contributed by atoms with Crippen LogP contribution in [0.4, 0.5) is 4.79 Å². The SMILES string of the molecule is COc1ccccc1OCNC(=O)NCCCNC=O. The van der Waals surface area contributed by atoms with Crippen molar-refractivity contribution in [2.45, 2.75) is 6.42 Å². The van der Waals surface area contributed by atoms with Crippen molar-refractivity contribution in [3.63, 3.8) is 0 Å². The monoisotopic (exact) mass is 281 g/mol. The van der Waals surface area contributed by atoms with E-state index < -0.39 is 0 Å². The van der Waals surface area contributed by atoms with Gasteiger partial charge in [0.15, 0.2) is 18.2 Å². The predicted octanol–water partition coefficient (Wildman–Crippen LogP) is 0.467. The molecule has 0 aliphatic rings. The second-order valence-corrected chi connectivity index (χ2v) is 3.80. The molecule has 1 aromatic rings. The first-order chi connectivity index (χ1) is 9.77. The number of para-hydroxylation sites is 2. The van der Waals surface area contributed by atoms with Gasteiger partial charge in [-0.3, -0.25) is 4.79 Å². The van der Waals surface area contributed by atoms with Crippen LogP contribution in [0.25, 0.3) is 0 Å². The third-order valence-corrected chi connectivity index (χ3v) is 2.40. The average Bonchev–Trinajstić information content (AvgIpc) is 2.47. The molecular weight excluding hydrogens is 262 g/mol. The van der Waals surface area contributed by atoms with Crippen molar-refractivity contribution < 1.29 is 19.1 Å². The van der Waals surface area contributed by atoms with E-state index in [4.69, 9.17) is 9.47 Å². The zero-order valence-electron chi connectivity index (χ0n) is 11.3. The first kappa shape index (κ1) is 15.6. The van der Waals surface area contributed by atoms with Crippen LogP contribution >= 0.6 is 0 Å². The van der Waals surface area contributed by atoms with Crippen LogP contribution in [0.2, 0.25) is 0 Å². The third kappa shape index (κ3) is 5.94. The van der Waals surface area contributed by atoms with Crippen LogP contribution in [0.15, 0.2) is 24.3 Å². The maximum Gasteiger partial charge on any atom is 0.317 e. The van der Waals surface area contributed by atoms with E-state index in [2.05, 4.69) is 16.0 Å². The Morgan fingerprint density at radius 3 is 2.65 bits per heavy atom. The van der Waals surface area contributed by atoms with Crippen LogP contribution < -0.4 is 25.4 Å². The average molecular weight is 281 g/mol. The van der Waals surface area contributed by atoms with Crippen LogP contribution in [-0.2, 0) is 4.79 Å². The molecule has 7 nitrogen and oxygen atoms in total. The Balaban J connectivity index is 2.16. The van der Waals surface area contributed by atoms with Gasteiger partial charge in [0.1, 0.15) is 0 Å². The van der Waals surface area contributed by atoms with Gasteiger partial charge in [-0.25, -0.2) is 4.79 Å². The molecule has 7 heteroatoms. The molecule has 3 amide bonds. The van der Waals surface area contributed by atoms with E-state index in [1.54, 1.807) is 19.2 Å². The number of carbonyl (C=O) groups excluding carboxylic acids is 2. The Morgan fingerprint density at radius 1 is 1.20 bits per heavy atom. The topological polar surface area (TPSA) is 88.7 Å². The second-order valence-electron chi connectivity index (χ2n) is 3.80. The second kappa shape index (κ2) is 9.48. The van der Waals surface area contributed by atoms with Crippen molar-refractivity contribution in [1.82, 2.24) is 16.0 Å². The lowest BCUT2D eigenvalue weighted by molar-refractivity contribution is -0.109. The summed E-state index contributed by atoms with van der Waals surface area (Å²) in [5.41, 5.74) is 0. The highest BCUT2D eigenvalue weighted by molar-refractivity contribution is 5.73. The van der Waals surface area contributed by atoms with E-state index in [1.165, 1.54) is 0 Å². The fraction of sp³-hybridized carbons (Fsp3) is 0.385. The van der Waals surface area contributed by atoms with Gasteiger partial charge in [-0.2, -0.15) is 0 Å². The summed E-state index contributed by atoms with van der Waals surface area (Å²) in [5, 5.41) is 7.70. The van der Waals surface area contributed by atoms with Crippen LogP contribution in [0, 0.1) is 0 Å². The molecule has 0 aliphatic heterocycles. The van der Waals surface area contributed by atoms with Crippen molar-refractivity contribution in [2.75, 3.05) is 26.9 Å². The van der Waals surface area contributed by atoms with Gasteiger partial charge < -0.3 is 25.4 Å². The van der Waals surface area contributed by atoms with Gasteiger partial charge in [-0.1, -0.05) is 12.1 Å². The molecule has 0 saturated heterocycles. The van der Waals surface area contributed by atoms with Crippen LogP contribution in [-0.4, -0.2) is 39.4 Å². The molecule has 0 spiro atoms. The standard InChI is InChI=1S/C13H19N3O4/c1-19-11-5-2-3-6-12(11)20-10-16-13(18)15-8-4-7-14-9-17/h2-3,5-6,9H,4,7-8,10H2,1H3,(H,14,17)(H2,15,16,18). The van der Waals surface area contributed by atoms with E-state index in [1.807, 2.05) is 12.1 Å². The molecule has 0 aromatic heterocycles. The Bertz CT molecular complexity index is 426. The van der Waals surface area contributed by atoms with Crippen molar-refractivity contribution in [3.05, 3.63) is 24.3 Å². The highest BCUT2D eigenvalue weighted by Crippen LogP contribution is 2.25. The highest BCUT2D eigenvalue weighted by atomic mass is 16.5. The highest BCUT2D eigenvalue weighted by Gasteiger charge is 2.03. The third-order valence-electron chi connectivity index (χ3n) is 2.40. The van der Waals surface area contributed by atoms with Gasteiger partial charge in [0.25, 0.3) is 0 Å². The van der Waals surface area contributed by atoms with Crippen LogP contribution in [0.5, 0.6) is 11.5 Å². The van der Waals surface area contributed by atoms with E-state index in [9.17, 15) is 9.59 Å². The number of methoxy groups -OCH3 is 1. The summed E-state index contributed by atoms with van der Waals surface area (Å²) in [6.07, 6.45) is 1.29. The molecule has 1 rings (SSSR count). The molecule has 0 unspecified atom stereocenters. The minimum Gasteiger partial charge on any atom is -0.493 e. The Morgan fingerprint density at radius 2 is 1.95 bits per heavy atom. The number of rotatable bonds is 9. The number of ether oxygens (including phenoxy) is 2. The molecule has 3 N–H and O–H groups in total. The summed E-state index contributed by atoms with van der Waals surface area (Å²) in [7, 11) is 1.55. The van der Waals surface area contributed by atoms with Gasteiger partial charge in [0.05, 0.1) is 7.11 Å². The predicted molar refractivity (Wildman–Crippen MR) is 73.7 cm³/mol. The van der Waals surface area contributed by atoms with E-state index in [0.29, 0.717) is 37.4 Å². The lowest BCUT2D eigenvalue weighted by atomic mass is 10.3. The Kier molecular flexibility index (Phi) is 7.41. The van der Waals surface area contributed by atoms with Crippen molar-refractivity contribution in [3.8, 4) is 11.5 Å². The van der Waals surface area contributed by atoms with Gasteiger partial charge in [0, 0.05) is 13.1 Å². The molecule has 0 aliphatic carbocycles. The largest absolute Gasteiger partial charge is 0.493 e. The quantitative estimate of drug-likeness (QED) is 0.349. The lowest BCUT2D eigenvalue weighted by Gasteiger charge is -2.11. The van der Waals surface area contributed by atoms with Crippen molar-refractivity contribution >= 4 is 12.4 Å². The smallest absolute Gasteiger partial charge is 0.317 e. The van der Waals surface area contributed by atoms with E-state index in [-0.39, 0.29) is 12.8 Å². The summed E-state index contributed by atoms with van der Waals surface area (Å²) in [6.45, 7) is 1.04. The maximum atomic E-state index is 11.4. The van der Waals surface area contributed by atoms with Crippen molar-refractivity contribution in [2.24, 2.45) is 0 Å². The fourth-order valence-corrected chi connectivity index (χ4v) is 1.43. The summed E-state index contributed by atoms with van der Waals surface area (Å²) in [4.78, 5) is 21.4. The zero-order chi connectivity index (χ0) is 14.6. The normalized spacial score (nSPS) is 9.45. The summed E-state index contributed by atoms with van der Waals surface area (Å²) in [5.74, 6) is 1.17. The minimum absolute atomic E-state index is 0.0405. The number of carbonyl (C=O) groups is 2. The van der Waals surface area contributed by atoms with E-state index in [0.717, 1.165) is 0 Å². The molecule has 0 bridgehead atoms. The molecule has 1 aromatic carbocycles. The molecule has 0 heterocycles. The van der Waals surface area contributed by atoms with Gasteiger partial charge in [-0.05, 0) is 18.6 Å². The van der Waals surface area contributed by atoms with Gasteiger partial charge >= 0.3 is 6.03 Å². The van der Waals surface area contributed by atoms with Crippen LogP contribution in [0.1, 0.15) is 6.42 Å². The summed E-state index contributed by atoms with van der Waals surface area (Å²) >= 11 is 0. The lowest BCUT2D eigenvalue weighted by Crippen LogP contribution is -2.38. The first-order valence-electron chi connectivity index (χ1n) is 6.22. The Labute approximate surface area is 117 Å². The van der Waals surface area contributed by atoms with Gasteiger partial charge in [-0.15, -0.1) is 0 Å². The number of urea groups is 1. The number of hydrogen-bond acceptors (Lipinski definition) is 4. The molecule has 0 radical (unpaired) electrons. The number of nitrogens with one attached hydrogen (secondary N) is 3. The molecule has 0 atom stereocenters. The number of hydrogen-bond donors (Lipinski definition) is 3. The summed E-state index contributed by atoms with van der Waals surface area (Å²) < 4.78 is 10.5. The first-order valence-corrected chi connectivity index (χ1v) is 6.22. The minimum atomic E-state index is -0.328. The zero-order valence-corrected chi connectivity index (χ0v) is 11.3. The van der Waals surface area contributed by atoms with E-state index >= 15 is 0 Å². The molecule has 0 fully saturated rings. The van der Waals surface area contributed by atoms with Crippen LogP contribution in [0.3, 0.4) is 0 Å². The number of amides is 3. The Hall–Kier alpha value is -2.44. The van der Waals surface area contributed by atoms with Crippen molar-refractivity contribution in [1.29, 1.82) is 0 Å². The summed E-state index contributed by atoms with van der Waals surface area (Å²) in [6, 6.07) is 6.85. The molecular formula is C13H19N3O4. The maximum absolute atomic E-state index is 11.4. The number of benzene rings is 1. The molecule has 110 valence electrons. The van der Waals surface area contributed by atoms with Gasteiger partial charge in [0.2, 0.25) is 6.41 Å². The molecule has 0 saturated carbocycles. The molecule has 20 heavy (non-hydrogen) atoms.